The van der Waals surface area contributed by atoms with Gasteiger partial charge in [-0.25, -0.2) is 18.4 Å². The van der Waals surface area contributed by atoms with Crippen molar-refractivity contribution in [1.82, 2.24) is 24.7 Å². The predicted octanol–water partition coefficient (Wildman–Crippen LogP) is 3.09. The van der Waals surface area contributed by atoms with E-state index in [0.29, 0.717) is 37.4 Å². The number of piperazine rings is 1. The van der Waals surface area contributed by atoms with Crippen molar-refractivity contribution in [2.45, 2.75) is 58.2 Å². The van der Waals surface area contributed by atoms with Crippen molar-refractivity contribution in [3.05, 3.63) is 46.2 Å². The summed E-state index contributed by atoms with van der Waals surface area (Å²) in [6.07, 6.45) is 5.19. The standard InChI is InChI=1S/C30H44ClN7O3S/c1-4-24-19-36(15-16-38(24)25-10-12-35(13-11-25)17-22-7-5-21(2)6-8-22)29-27(31)33-26(28(32)34-29)30(39)37-14-9-23(18-37)20-42(3,40)41/h5-8,23-25H,4,9-20H2,1-3H3,(H2,32,34)/t23-,24-/m0/s1. The zero-order chi connectivity index (χ0) is 30.0. The number of aryl methyl sites for hydroxylation is 1. The fourth-order valence-corrected chi connectivity index (χ4v) is 8.15. The number of hydrogen-bond acceptors (Lipinski definition) is 9. The third-order valence-electron chi connectivity index (χ3n) is 9.03. The van der Waals surface area contributed by atoms with Gasteiger partial charge in [0.05, 0.1) is 5.75 Å². The average Bonchev–Trinajstić information content (AvgIpc) is 3.42. The minimum atomic E-state index is -3.11. The van der Waals surface area contributed by atoms with E-state index in [1.807, 2.05) is 0 Å². The first-order valence-electron chi connectivity index (χ1n) is 15.1. The molecule has 0 aliphatic carbocycles. The molecule has 2 aromatic rings. The number of piperidine rings is 1. The first-order valence-corrected chi connectivity index (χ1v) is 17.5. The number of hydrogen-bond donors (Lipinski definition) is 1. The van der Waals surface area contributed by atoms with Crippen molar-refractivity contribution in [1.29, 1.82) is 0 Å². The summed E-state index contributed by atoms with van der Waals surface area (Å²) in [4.78, 5) is 31.1. The van der Waals surface area contributed by atoms with E-state index < -0.39 is 9.84 Å². The quantitative estimate of drug-likeness (QED) is 0.477. The summed E-state index contributed by atoms with van der Waals surface area (Å²) in [6.45, 7) is 10.8. The number of nitrogens with two attached hydrogens (primary N) is 1. The Hall–Kier alpha value is -2.47. The van der Waals surface area contributed by atoms with E-state index in [1.165, 1.54) is 17.4 Å². The Balaban J connectivity index is 1.18. The van der Waals surface area contributed by atoms with Crippen LogP contribution in [0.25, 0.3) is 0 Å². The normalized spacial score (nSPS) is 23.0. The van der Waals surface area contributed by atoms with Gasteiger partial charge in [-0.2, -0.15) is 0 Å². The Kier molecular flexibility index (Phi) is 9.61. The van der Waals surface area contributed by atoms with Crippen molar-refractivity contribution >= 4 is 39.0 Å². The van der Waals surface area contributed by atoms with Crippen LogP contribution in [-0.2, 0) is 16.4 Å². The van der Waals surface area contributed by atoms with E-state index in [9.17, 15) is 13.2 Å². The van der Waals surface area contributed by atoms with Gasteiger partial charge in [0, 0.05) is 57.6 Å². The van der Waals surface area contributed by atoms with E-state index in [0.717, 1.165) is 58.5 Å². The van der Waals surface area contributed by atoms with Gasteiger partial charge in [0.1, 0.15) is 9.84 Å². The molecule has 1 aromatic carbocycles. The fourth-order valence-electron chi connectivity index (χ4n) is 6.78. The highest BCUT2D eigenvalue weighted by Gasteiger charge is 2.35. The summed E-state index contributed by atoms with van der Waals surface area (Å²) < 4.78 is 23.4. The first-order chi connectivity index (χ1) is 20.0. The van der Waals surface area contributed by atoms with Gasteiger partial charge in [0.15, 0.2) is 22.5 Å². The van der Waals surface area contributed by atoms with Crippen LogP contribution in [0.4, 0.5) is 11.6 Å². The molecule has 1 amide bonds. The molecular formula is C30H44ClN7O3S. The molecule has 0 saturated carbocycles. The minimum Gasteiger partial charge on any atom is -0.382 e. The Bertz CT molecular complexity index is 1370. The van der Waals surface area contributed by atoms with Crippen LogP contribution in [0.3, 0.4) is 0 Å². The van der Waals surface area contributed by atoms with Gasteiger partial charge in [-0.3, -0.25) is 14.6 Å². The number of nitrogen functional groups attached to an aromatic ring is 1. The number of anilines is 2. The van der Waals surface area contributed by atoms with Crippen LogP contribution in [0.1, 0.15) is 54.2 Å². The molecule has 5 rings (SSSR count). The maximum atomic E-state index is 13.2. The molecule has 2 atom stereocenters. The average molecular weight is 618 g/mol. The van der Waals surface area contributed by atoms with Crippen molar-refractivity contribution < 1.29 is 13.2 Å². The molecule has 42 heavy (non-hydrogen) atoms. The van der Waals surface area contributed by atoms with Gasteiger partial charge in [-0.05, 0) is 57.2 Å². The number of aromatic nitrogens is 2. The number of benzene rings is 1. The molecule has 3 aliphatic rings. The molecule has 2 N–H and O–H groups in total. The second kappa shape index (κ2) is 13.0. The molecule has 3 saturated heterocycles. The highest BCUT2D eigenvalue weighted by molar-refractivity contribution is 7.90. The molecular weight excluding hydrogens is 574 g/mol. The lowest BCUT2D eigenvalue weighted by molar-refractivity contribution is 0.0610. The number of rotatable bonds is 8. The van der Waals surface area contributed by atoms with Crippen LogP contribution in [0.2, 0.25) is 5.15 Å². The summed E-state index contributed by atoms with van der Waals surface area (Å²) in [5.74, 6) is 0.204. The Morgan fingerprint density at radius 2 is 1.74 bits per heavy atom. The summed E-state index contributed by atoms with van der Waals surface area (Å²) in [7, 11) is -3.11. The third kappa shape index (κ3) is 7.35. The lowest BCUT2D eigenvalue weighted by atomic mass is 9.98. The molecule has 0 spiro atoms. The Labute approximate surface area is 255 Å². The van der Waals surface area contributed by atoms with E-state index in [2.05, 4.69) is 62.8 Å². The largest absolute Gasteiger partial charge is 0.382 e. The summed E-state index contributed by atoms with van der Waals surface area (Å²) in [5.41, 5.74) is 8.98. The number of nitrogens with zero attached hydrogens (tertiary/aromatic N) is 6. The van der Waals surface area contributed by atoms with E-state index in [-0.39, 0.29) is 34.2 Å². The molecule has 10 nitrogen and oxygen atoms in total. The number of sulfone groups is 1. The number of halogens is 1. The lowest BCUT2D eigenvalue weighted by Gasteiger charge is -2.47. The van der Waals surface area contributed by atoms with Crippen molar-refractivity contribution in [3.63, 3.8) is 0 Å². The second-order valence-corrected chi connectivity index (χ2v) is 14.9. The summed E-state index contributed by atoms with van der Waals surface area (Å²) >= 11 is 6.63. The molecule has 0 bridgehead atoms. The lowest BCUT2D eigenvalue weighted by Crippen LogP contribution is -2.58. The van der Waals surface area contributed by atoms with Crippen LogP contribution in [0.15, 0.2) is 24.3 Å². The van der Waals surface area contributed by atoms with Gasteiger partial charge in [-0.1, -0.05) is 48.4 Å². The van der Waals surface area contributed by atoms with E-state index in [4.69, 9.17) is 17.3 Å². The number of likely N-dealkylation sites (tertiary alicyclic amines) is 2. The van der Waals surface area contributed by atoms with Gasteiger partial charge >= 0.3 is 0 Å². The third-order valence-corrected chi connectivity index (χ3v) is 10.4. The number of amides is 1. The molecule has 1 aromatic heterocycles. The summed E-state index contributed by atoms with van der Waals surface area (Å²) in [5, 5.41) is 0.173. The van der Waals surface area contributed by atoms with Crippen LogP contribution >= 0.6 is 11.6 Å². The summed E-state index contributed by atoms with van der Waals surface area (Å²) in [6, 6.07) is 9.78. The highest BCUT2D eigenvalue weighted by atomic mass is 35.5. The second-order valence-electron chi connectivity index (χ2n) is 12.3. The molecule has 12 heteroatoms. The maximum Gasteiger partial charge on any atom is 0.276 e. The zero-order valence-corrected chi connectivity index (χ0v) is 26.6. The number of carbonyl (C=O) groups is 1. The first kappa shape index (κ1) is 31.0. The van der Waals surface area contributed by atoms with Crippen molar-refractivity contribution in [2.24, 2.45) is 5.92 Å². The van der Waals surface area contributed by atoms with Gasteiger partial charge in [0.2, 0.25) is 0 Å². The van der Waals surface area contributed by atoms with Crippen molar-refractivity contribution in [3.8, 4) is 0 Å². The van der Waals surface area contributed by atoms with Gasteiger partial charge in [0.25, 0.3) is 5.91 Å². The van der Waals surface area contributed by atoms with E-state index in [1.54, 1.807) is 4.90 Å². The Morgan fingerprint density at radius 1 is 1.02 bits per heavy atom. The molecule has 3 fully saturated rings. The number of carbonyl (C=O) groups excluding carboxylic acids is 1. The van der Waals surface area contributed by atoms with Crippen LogP contribution in [0, 0.1) is 12.8 Å². The molecule has 0 radical (unpaired) electrons. The SMILES string of the molecule is CC[C@H]1CN(c2nc(N)c(C(=O)N3CC[C@H](CS(C)(=O)=O)C3)nc2Cl)CCN1C1CCN(Cc2ccc(C)cc2)CC1. The minimum absolute atomic E-state index is 0.0341. The van der Waals surface area contributed by atoms with Gasteiger partial charge in [-0.15, -0.1) is 0 Å². The molecule has 4 heterocycles. The Morgan fingerprint density at radius 3 is 2.40 bits per heavy atom. The van der Waals surface area contributed by atoms with Crippen LogP contribution < -0.4 is 10.6 Å². The highest BCUT2D eigenvalue weighted by Crippen LogP contribution is 2.31. The molecule has 230 valence electrons. The predicted molar refractivity (Wildman–Crippen MR) is 168 cm³/mol. The monoisotopic (exact) mass is 617 g/mol. The maximum absolute atomic E-state index is 13.2. The molecule has 0 unspecified atom stereocenters. The smallest absolute Gasteiger partial charge is 0.276 e. The van der Waals surface area contributed by atoms with Crippen LogP contribution in [-0.4, -0.2) is 109 Å². The van der Waals surface area contributed by atoms with E-state index >= 15 is 0 Å². The topological polar surface area (TPSA) is 116 Å². The molecule has 3 aliphatic heterocycles. The fraction of sp³-hybridized carbons (Fsp3) is 0.633. The van der Waals surface area contributed by atoms with Crippen LogP contribution in [0.5, 0.6) is 0 Å². The zero-order valence-electron chi connectivity index (χ0n) is 25.0. The van der Waals surface area contributed by atoms with Crippen molar-refractivity contribution in [2.75, 3.05) is 68.5 Å². The van der Waals surface area contributed by atoms with Gasteiger partial charge < -0.3 is 15.5 Å².